The molecule has 0 saturated heterocycles. The van der Waals surface area contributed by atoms with Gasteiger partial charge in [-0.15, -0.1) is 11.3 Å². The van der Waals surface area contributed by atoms with E-state index in [1.807, 2.05) is 31.2 Å². The third-order valence-electron chi connectivity index (χ3n) is 4.21. The van der Waals surface area contributed by atoms with Crippen molar-refractivity contribution in [2.75, 3.05) is 13.7 Å². The zero-order chi connectivity index (χ0) is 21.0. The fourth-order valence-corrected chi connectivity index (χ4v) is 3.77. The van der Waals surface area contributed by atoms with Crippen molar-refractivity contribution in [1.82, 2.24) is 10.3 Å². The maximum atomic E-state index is 12.6. The lowest BCUT2D eigenvalue weighted by Crippen LogP contribution is -2.22. The predicted molar refractivity (Wildman–Crippen MR) is 109 cm³/mol. The molecule has 1 amide bonds. The van der Waals surface area contributed by atoms with Gasteiger partial charge in [0.25, 0.3) is 5.91 Å². The summed E-state index contributed by atoms with van der Waals surface area (Å²) in [5.41, 5.74) is 1.93. The highest BCUT2D eigenvalue weighted by molar-refractivity contribution is 7.17. The lowest BCUT2D eigenvalue weighted by molar-refractivity contribution is 0.0598. The highest BCUT2D eigenvalue weighted by Gasteiger charge is 2.19. The van der Waals surface area contributed by atoms with Gasteiger partial charge in [0.2, 0.25) is 0 Å². The third-order valence-corrected chi connectivity index (χ3v) is 5.42. The van der Waals surface area contributed by atoms with Gasteiger partial charge in [-0.3, -0.25) is 4.79 Å². The fourth-order valence-electron chi connectivity index (χ4n) is 2.78. The third kappa shape index (κ3) is 4.65. The van der Waals surface area contributed by atoms with Crippen molar-refractivity contribution in [2.24, 2.45) is 0 Å². The number of nitrogens with zero attached hydrogens (tertiary/aromatic N) is 1. The van der Waals surface area contributed by atoms with Crippen LogP contribution in [0.5, 0.6) is 5.75 Å². The second-order valence-corrected chi connectivity index (χ2v) is 7.25. The Hall–Kier alpha value is -3.13. The first kappa shape index (κ1) is 20.6. The lowest BCUT2D eigenvalue weighted by atomic mass is 10.2. The van der Waals surface area contributed by atoms with E-state index in [1.165, 1.54) is 18.4 Å². The number of rotatable bonds is 7. The molecule has 2 heterocycles. The molecule has 8 heteroatoms. The molecule has 152 valence electrons. The minimum Gasteiger partial charge on any atom is -0.494 e. The largest absolute Gasteiger partial charge is 0.494 e. The Labute approximate surface area is 172 Å². The number of aromatic nitrogens is 1. The van der Waals surface area contributed by atoms with Crippen LogP contribution in [0.2, 0.25) is 0 Å². The van der Waals surface area contributed by atoms with Crippen molar-refractivity contribution in [1.29, 1.82) is 0 Å². The normalized spacial score (nSPS) is 10.6. The van der Waals surface area contributed by atoms with E-state index in [4.69, 9.17) is 13.9 Å². The zero-order valence-electron chi connectivity index (χ0n) is 16.7. The molecule has 3 aromatic rings. The minimum absolute atomic E-state index is 0.159. The van der Waals surface area contributed by atoms with Crippen LogP contribution in [-0.2, 0) is 11.3 Å². The number of carbonyl (C=O) groups is 2. The molecule has 7 nitrogen and oxygen atoms in total. The number of amides is 1. The molecule has 0 radical (unpaired) electrons. The molecule has 0 aliphatic heterocycles. The second-order valence-electron chi connectivity index (χ2n) is 6.25. The summed E-state index contributed by atoms with van der Waals surface area (Å²) in [4.78, 5) is 29.3. The Morgan fingerprint density at radius 3 is 2.59 bits per heavy atom. The van der Waals surface area contributed by atoms with Crippen molar-refractivity contribution in [2.45, 2.75) is 27.3 Å². The molecule has 0 aliphatic rings. The molecule has 0 bridgehead atoms. The minimum atomic E-state index is -0.470. The number of nitrogens with one attached hydrogen (secondary N) is 1. The summed E-state index contributed by atoms with van der Waals surface area (Å²) in [5, 5.41) is 3.57. The van der Waals surface area contributed by atoms with Crippen LogP contribution in [0.4, 0.5) is 0 Å². The van der Waals surface area contributed by atoms with E-state index in [0.717, 1.165) is 16.3 Å². The monoisotopic (exact) mass is 414 g/mol. The summed E-state index contributed by atoms with van der Waals surface area (Å²) in [6.45, 7) is 6.18. The number of furan rings is 1. The van der Waals surface area contributed by atoms with Gasteiger partial charge in [0.15, 0.2) is 0 Å². The van der Waals surface area contributed by atoms with Crippen LogP contribution in [0.25, 0.3) is 10.6 Å². The summed E-state index contributed by atoms with van der Waals surface area (Å²) in [6, 6.07) is 9.18. The SMILES string of the molecule is CCOc1ccc(-c2nc(C)c(C(=O)NCc3cc(C(=O)OC)c(C)o3)s2)cc1. The maximum absolute atomic E-state index is 12.6. The Morgan fingerprint density at radius 2 is 1.93 bits per heavy atom. The Morgan fingerprint density at radius 1 is 1.21 bits per heavy atom. The van der Waals surface area contributed by atoms with Crippen molar-refractivity contribution < 1.29 is 23.5 Å². The second kappa shape index (κ2) is 8.91. The van der Waals surface area contributed by atoms with Crippen LogP contribution in [0.3, 0.4) is 0 Å². The first-order valence-corrected chi connectivity index (χ1v) is 9.91. The topological polar surface area (TPSA) is 90.7 Å². The maximum Gasteiger partial charge on any atom is 0.341 e. The van der Waals surface area contributed by atoms with Crippen molar-refractivity contribution in [3.63, 3.8) is 0 Å². The zero-order valence-corrected chi connectivity index (χ0v) is 17.5. The van der Waals surface area contributed by atoms with Gasteiger partial charge < -0.3 is 19.2 Å². The van der Waals surface area contributed by atoms with Crippen LogP contribution >= 0.6 is 11.3 Å². The molecular weight excluding hydrogens is 392 g/mol. The molecule has 0 atom stereocenters. The van der Waals surface area contributed by atoms with Crippen LogP contribution in [0, 0.1) is 13.8 Å². The number of hydrogen-bond donors (Lipinski definition) is 1. The van der Waals surface area contributed by atoms with Gasteiger partial charge in [0.1, 0.15) is 32.7 Å². The molecule has 0 fully saturated rings. The number of hydrogen-bond acceptors (Lipinski definition) is 7. The van der Waals surface area contributed by atoms with Crippen LogP contribution in [0.15, 0.2) is 34.7 Å². The number of methoxy groups -OCH3 is 1. The molecule has 0 unspecified atom stereocenters. The van der Waals surface area contributed by atoms with Crippen LogP contribution in [0.1, 0.15) is 44.2 Å². The van der Waals surface area contributed by atoms with E-state index in [9.17, 15) is 9.59 Å². The summed E-state index contributed by atoms with van der Waals surface area (Å²) < 4.78 is 15.7. The van der Waals surface area contributed by atoms with Gasteiger partial charge in [0.05, 0.1) is 26.0 Å². The molecule has 0 saturated carbocycles. The number of ether oxygens (including phenoxy) is 2. The summed E-state index contributed by atoms with van der Waals surface area (Å²) in [7, 11) is 1.31. The number of aryl methyl sites for hydroxylation is 2. The van der Waals surface area contributed by atoms with E-state index in [0.29, 0.717) is 34.3 Å². The van der Waals surface area contributed by atoms with Gasteiger partial charge in [-0.25, -0.2) is 9.78 Å². The van der Waals surface area contributed by atoms with E-state index in [2.05, 4.69) is 10.3 Å². The molecule has 29 heavy (non-hydrogen) atoms. The first-order chi connectivity index (χ1) is 13.9. The molecule has 2 aromatic heterocycles. The lowest BCUT2D eigenvalue weighted by Gasteiger charge is -2.03. The number of carbonyl (C=O) groups excluding carboxylic acids is 2. The van der Waals surface area contributed by atoms with Gasteiger partial charge in [0, 0.05) is 5.56 Å². The van der Waals surface area contributed by atoms with Crippen molar-refractivity contribution >= 4 is 23.2 Å². The highest BCUT2D eigenvalue weighted by Crippen LogP contribution is 2.29. The van der Waals surface area contributed by atoms with Gasteiger partial charge in [-0.2, -0.15) is 0 Å². The number of thiazole rings is 1. The quantitative estimate of drug-likeness (QED) is 0.585. The molecule has 3 rings (SSSR count). The molecule has 1 N–H and O–H groups in total. The number of esters is 1. The summed E-state index contributed by atoms with van der Waals surface area (Å²) in [6.07, 6.45) is 0. The van der Waals surface area contributed by atoms with Crippen LogP contribution < -0.4 is 10.1 Å². The smallest absolute Gasteiger partial charge is 0.341 e. The van der Waals surface area contributed by atoms with Gasteiger partial charge in [-0.1, -0.05) is 0 Å². The predicted octanol–water partition coefficient (Wildman–Crippen LogP) is 4.14. The molecule has 0 aliphatic carbocycles. The first-order valence-electron chi connectivity index (χ1n) is 9.09. The van der Waals surface area contributed by atoms with Crippen LogP contribution in [-0.4, -0.2) is 30.6 Å². The average molecular weight is 414 g/mol. The van der Waals surface area contributed by atoms with E-state index in [-0.39, 0.29) is 12.5 Å². The highest BCUT2D eigenvalue weighted by atomic mass is 32.1. The van der Waals surface area contributed by atoms with Crippen molar-refractivity contribution in [3.05, 3.63) is 58.0 Å². The number of benzene rings is 1. The Balaban J connectivity index is 1.69. The average Bonchev–Trinajstić information content (AvgIpc) is 3.29. The fraction of sp³-hybridized carbons (Fsp3) is 0.286. The Bertz CT molecular complexity index is 1020. The summed E-state index contributed by atoms with van der Waals surface area (Å²) in [5.74, 6) is 1.01. The molecule has 0 spiro atoms. The standard InChI is InChI=1S/C21H22N2O5S/c1-5-27-15-8-6-14(7-9-15)20-23-12(2)18(29-20)19(24)22-11-16-10-17(13(3)28-16)21(25)26-4/h6-10H,5,11H2,1-4H3,(H,22,24). The van der Waals surface area contributed by atoms with E-state index in [1.54, 1.807) is 19.9 Å². The van der Waals surface area contributed by atoms with Gasteiger partial charge >= 0.3 is 5.97 Å². The van der Waals surface area contributed by atoms with E-state index >= 15 is 0 Å². The molecule has 1 aromatic carbocycles. The van der Waals surface area contributed by atoms with Crippen molar-refractivity contribution in [3.8, 4) is 16.3 Å². The van der Waals surface area contributed by atoms with E-state index < -0.39 is 5.97 Å². The Kier molecular flexibility index (Phi) is 6.33. The van der Waals surface area contributed by atoms with Gasteiger partial charge in [-0.05, 0) is 51.1 Å². The summed E-state index contributed by atoms with van der Waals surface area (Å²) >= 11 is 1.32. The molecular formula is C21H22N2O5S.